The van der Waals surface area contributed by atoms with E-state index in [4.69, 9.17) is 11.5 Å². The quantitative estimate of drug-likeness (QED) is 0.600. The molecule has 4 heteroatoms. The van der Waals surface area contributed by atoms with E-state index in [0.29, 0.717) is 11.2 Å². The summed E-state index contributed by atoms with van der Waals surface area (Å²) >= 11 is 0. The van der Waals surface area contributed by atoms with E-state index in [1.54, 1.807) is 12.1 Å². The number of hydrogen-bond acceptors (Lipinski definition) is 3. The normalized spacial score (nSPS) is 10.5. The molecular weight excluding hydrogens is 169 g/mol. The Morgan fingerprint density at radius 1 is 1.23 bits per heavy atom. The first-order chi connectivity index (χ1) is 6.18. The fourth-order valence-corrected chi connectivity index (χ4v) is 1.23. The minimum absolute atomic E-state index is 0.116. The monoisotopic (exact) mass is 177 g/mol. The predicted molar refractivity (Wildman–Crippen MR) is 50.5 cm³/mol. The van der Waals surface area contributed by atoms with E-state index in [2.05, 4.69) is 4.98 Å². The molecule has 1 heterocycles. The molecule has 2 aromatic rings. The number of anilines is 2. The Balaban J connectivity index is 2.87. The molecule has 0 bridgehead atoms. The highest BCUT2D eigenvalue weighted by molar-refractivity contribution is 5.93. The lowest BCUT2D eigenvalue weighted by Crippen LogP contribution is -1.94. The maximum Gasteiger partial charge on any atom is 0.146 e. The number of nitrogen functional groups attached to an aromatic ring is 2. The van der Waals surface area contributed by atoms with Crippen molar-refractivity contribution in [2.75, 3.05) is 11.5 Å². The van der Waals surface area contributed by atoms with Crippen LogP contribution in [0, 0.1) is 5.82 Å². The SMILES string of the molecule is Nc1cc2ccc(F)c(N)c2cn1. The van der Waals surface area contributed by atoms with Crippen LogP contribution in [0.2, 0.25) is 0 Å². The average molecular weight is 177 g/mol. The third kappa shape index (κ3) is 1.16. The topological polar surface area (TPSA) is 64.9 Å². The Bertz CT molecular complexity index is 468. The summed E-state index contributed by atoms with van der Waals surface area (Å²) < 4.78 is 13.0. The second kappa shape index (κ2) is 2.58. The van der Waals surface area contributed by atoms with Crippen molar-refractivity contribution in [1.29, 1.82) is 0 Å². The van der Waals surface area contributed by atoms with E-state index in [9.17, 15) is 4.39 Å². The molecule has 0 saturated heterocycles. The van der Waals surface area contributed by atoms with Gasteiger partial charge in [0.05, 0.1) is 5.69 Å². The molecule has 0 aliphatic carbocycles. The molecule has 0 aliphatic heterocycles. The van der Waals surface area contributed by atoms with Crippen LogP contribution in [0.15, 0.2) is 24.4 Å². The molecule has 4 N–H and O–H groups in total. The van der Waals surface area contributed by atoms with Crippen molar-refractivity contribution in [3.05, 3.63) is 30.2 Å². The van der Waals surface area contributed by atoms with Gasteiger partial charge in [-0.05, 0) is 17.5 Å². The predicted octanol–water partition coefficient (Wildman–Crippen LogP) is 1.54. The number of hydrogen-bond donors (Lipinski definition) is 2. The van der Waals surface area contributed by atoms with Crippen molar-refractivity contribution in [1.82, 2.24) is 4.98 Å². The third-order valence-electron chi connectivity index (χ3n) is 1.91. The molecule has 66 valence electrons. The number of nitrogens with zero attached hydrogens (tertiary/aromatic N) is 1. The Morgan fingerprint density at radius 2 is 2.00 bits per heavy atom. The van der Waals surface area contributed by atoms with Crippen LogP contribution >= 0.6 is 0 Å². The lowest BCUT2D eigenvalue weighted by molar-refractivity contribution is 0.634. The first-order valence-electron chi connectivity index (χ1n) is 3.77. The standard InChI is InChI=1S/C9H8FN3/c10-7-2-1-5-3-8(11)13-4-6(5)9(7)12/h1-4H,12H2,(H2,11,13). The van der Waals surface area contributed by atoms with Crippen LogP contribution in [0.1, 0.15) is 0 Å². The maximum atomic E-state index is 13.0. The zero-order valence-corrected chi connectivity index (χ0v) is 6.79. The van der Waals surface area contributed by atoms with E-state index in [1.165, 1.54) is 12.3 Å². The maximum absolute atomic E-state index is 13.0. The van der Waals surface area contributed by atoms with Gasteiger partial charge in [-0.2, -0.15) is 0 Å². The Morgan fingerprint density at radius 3 is 2.77 bits per heavy atom. The van der Waals surface area contributed by atoms with Gasteiger partial charge in [0.1, 0.15) is 11.6 Å². The van der Waals surface area contributed by atoms with Gasteiger partial charge >= 0.3 is 0 Å². The lowest BCUT2D eigenvalue weighted by Gasteiger charge is -2.02. The van der Waals surface area contributed by atoms with Crippen molar-refractivity contribution < 1.29 is 4.39 Å². The van der Waals surface area contributed by atoms with E-state index in [-0.39, 0.29) is 5.69 Å². The first kappa shape index (κ1) is 7.79. The zero-order chi connectivity index (χ0) is 9.42. The average Bonchev–Trinajstić information content (AvgIpc) is 2.12. The van der Waals surface area contributed by atoms with Crippen LogP contribution in [-0.4, -0.2) is 4.98 Å². The molecule has 0 atom stereocenters. The second-order valence-electron chi connectivity index (χ2n) is 2.79. The molecule has 0 saturated carbocycles. The van der Waals surface area contributed by atoms with Gasteiger partial charge in [-0.15, -0.1) is 0 Å². The van der Waals surface area contributed by atoms with Gasteiger partial charge in [-0.1, -0.05) is 6.07 Å². The molecule has 0 spiro atoms. The van der Waals surface area contributed by atoms with Crippen LogP contribution < -0.4 is 11.5 Å². The molecule has 1 aromatic carbocycles. The Hall–Kier alpha value is -1.84. The highest BCUT2D eigenvalue weighted by Crippen LogP contribution is 2.23. The van der Waals surface area contributed by atoms with Crippen molar-refractivity contribution in [2.24, 2.45) is 0 Å². The van der Waals surface area contributed by atoms with Crippen LogP contribution in [0.3, 0.4) is 0 Å². The summed E-state index contributed by atoms with van der Waals surface area (Å²) in [5.41, 5.74) is 11.1. The smallest absolute Gasteiger partial charge is 0.146 e. The highest BCUT2D eigenvalue weighted by atomic mass is 19.1. The molecule has 0 radical (unpaired) electrons. The van der Waals surface area contributed by atoms with E-state index in [1.807, 2.05) is 0 Å². The van der Waals surface area contributed by atoms with Crippen molar-refractivity contribution in [3.8, 4) is 0 Å². The number of nitrogens with two attached hydrogens (primary N) is 2. The highest BCUT2D eigenvalue weighted by Gasteiger charge is 2.03. The molecule has 13 heavy (non-hydrogen) atoms. The zero-order valence-electron chi connectivity index (χ0n) is 6.79. The van der Waals surface area contributed by atoms with Crippen LogP contribution in [-0.2, 0) is 0 Å². The number of rotatable bonds is 0. The summed E-state index contributed by atoms with van der Waals surface area (Å²) in [6.07, 6.45) is 1.48. The largest absolute Gasteiger partial charge is 0.396 e. The molecular formula is C9H8FN3. The molecule has 0 unspecified atom stereocenters. The summed E-state index contributed by atoms with van der Waals surface area (Å²) in [6, 6.07) is 4.60. The van der Waals surface area contributed by atoms with E-state index in [0.717, 1.165) is 5.39 Å². The number of aromatic nitrogens is 1. The summed E-state index contributed by atoms with van der Waals surface area (Å²) in [4.78, 5) is 3.84. The van der Waals surface area contributed by atoms with Gasteiger partial charge < -0.3 is 11.5 Å². The number of fused-ring (bicyclic) bond motifs is 1. The van der Waals surface area contributed by atoms with Gasteiger partial charge in [0.15, 0.2) is 0 Å². The minimum Gasteiger partial charge on any atom is -0.396 e. The van der Waals surface area contributed by atoms with E-state index < -0.39 is 5.82 Å². The third-order valence-corrected chi connectivity index (χ3v) is 1.91. The molecule has 2 rings (SSSR count). The van der Waals surface area contributed by atoms with Gasteiger partial charge in [0.2, 0.25) is 0 Å². The molecule has 0 fully saturated rings. The van der Waals surface area contributed by atoms with Gasteiger partial charge in [-0.3, -0.25) is 0 Å². The molecule has 0 aliphatic rings. The van der Waals surface area contributed by atoms with Gasteiger partial charge in [-0.25, -0.2) is 9.37 Å². The summed E-state index contributed by atoms with van der Waals surface area (Å²) in [7, 11) is 0. The van der Waals surface area contributed by atoms with Crippen molar-refractivity contribution in [2.45, 2.75) is 0 Å². The van der Waals surface area contributed by atoms with Crippen LogP contribution in [0.4, 0.5) is 15.9 Å². The van der Waals surface area contributed by atoms with E-state index >= 15 is 0 Å². The van der Waals surface area contributed by atoms with Gasteiger partial charge in [0.25, 0.3) is 0 Å². The van der Waals surface area contributed by atoms with Crippen LogP contribution in [0.5, 0.6) is 0 Å². The summed E-state index contributed by atoms with van der Waals surface area (Å²) in [5.74, 6) is -0.0300. The number of halogens is 1. The Kier molecular flexibility index (Phi) is 1.55. The van der Waals surface area contributed by atoms with Crippen LogP contribution in [0.25, 0.3) is 10.8 Å². The van der Waals surface area contributed by atoms with Crippen molar-refractivity contribution >= 4 is 22.3 Å². The fraction of sp³-hybridized carbons (Fsp3) is 0. The minimum atomic E-state index is -0.431. The molecule has 3 nitrogen and oxygen atoms in total. The number of benzene rings is 1. The lowest BCUT2D eigenvalue weighted by atomic mass is 10.1. The number of pyridine rings is 1. The molecule has 1 aromatic heterocycles. The first-order valence-corrected chi connectivity index (χ1v) is 3.77. The van der Waals surface area contributed by atoms with Crippen molar-refractivity contribution in [3.63, 3.8) is 0 Å². The summed E-state index contributed by atoms with van der Waals surface area (Å²) in [6.45, 7) is 0. The fourth-order valence-electron chi connectivity index (χ4n) is 1.23. The van der Waals surface area contributed by atoms with Gasteiger partial charge in [0, 0.05) is 11.6 Å². The molecule has 0 amide bonds. The second-order valence-corrected chi connectivity index (χ2v) is 2.79. The Labute approximate surface area is 74.2 Å². The summed E-state index contributed by atoms with van der Waals surface area (Å²) in [5, 5.41) is 1.39.